The predicted octanol–water partition coefficient (Wildman–Crippen LogP) is 1.99. The normalized spacial score (nSPS) is 20.9. The van der Waals surface area contributed by atoms with E-state index in [-0.39, 0.29) is 18.1 Å². The zero-order chi connectivity index (χ0) is 16.1. The first-order valence-corrected chi connectivity index (χ1v) is 7.86. The van der Waals surface area contributed by atoms with Crippen LogP contribution in [0.2, 0.25) is 0 Å². The number of benzene rings is 1. The predicted molar refractivity (Wildman–Crippen MR) is 89.3 cm³/mol. The van der Waals surface area contributed by atoms with Crippen molar-refractivity contribution >= 4 is 11.6 Å². The van der Waals surface area contributed by atoms with E-state index in [2.05, 4.69) is 15.6 Å². The van der Waals surface area contributed by atoms with Crippen molar-refractivity contribution in [2.45, 2.75) is 25.5 Å². The first-order valence-electron chi connectivity index (χ1n) is 7.86. The van der Waals surface area contributed by atoms with Gasteiger partial charge in [-0.2, -0.15) is 0 Å². The molecule has 2 N–H and O–H groups in total. The van der Waals surface area contributed by atoms with Gasteiger partial charge in [-0.15, -0.1) is 0 Å². The second kappa shape index (κ2) is 7.35. The second-order valence-corrected chi connectivity index (χ2v) is 5.73. The Kier molecular flexibility index (Phi) is 5.00. The molecule has 0 unspecified atom stereocenters. The minimum absolute atomic E-state index is 0.0564. The largest absolute Gasteiger partial charge is 0.375 e. The molecule has 2 atom stereocenters. The lowest BCUT2D eigenvalue weighted by Crippen LogP contribution is -2.53. The third kappa shape index (κ3) is 4.15. The first-order chi connectivity index (χ1) is 11.2. The molecule has 0 radical (unpaired) electrons. The second-order valence-electron chi connectivity index (χ2n) is 5.73. The van der Waals surface area contributed by atoms with Crippen LogP contribution in [0.25, 0.3) is 0 Å². The molecular weight excluding hydrogens is 290 g/mol. The van der Waals surface area contributed by atoms with Gasteiger partial charge in [0.15, 0.2) is 0 Å². The summed E-state index contributed by atoms with van der Waals surface area (Å²) < 4.78 is 5.51. The first kappa shape index (κ1) is 15.6. The molecule has 1 aromatic carbocycles. The average Bonchev–Trinajstić information content (AvgIpc) is 2.58. The number of amides is 1. The summed E-state index contributed by atoms with van der Waals surface area (Å²) in [5, 5.41) is 6.13. The Hall–Kier alpha value is -2.24. The number of hydrogen-bond acceptors (Lipinski definition) is 4. The molecule has 5 nitrogen and oxygen atoms in total. The standard InChI is InChI=1S/C18H21N3O2/c1-13-17(20-10-11-23-13)18(22)21-16-4-2-14(3-5-16)12-15-6-8-19-9-7-15/h2-9,13,17,20H,10-12H2,1H3,(H,21,22)/t13-,17+/m1/s1. The quantitative estimate of drug-likeness (QED) is 0.906. The van der Waals surface area contributed by atoms with Crippen LogP contribution in [-0.4, -0.2) is 36.2 Å². The van der Waals surface area contributed by atoms with Gasteiger partial charge in [-0.05, 0) is 48.7 Å². The molecular formula is C18H21N3O2. The van der Waals surface area contributed by atoms with Gasteiger partial charge >= 0.3 is 0 Å². The summed E-state index contributed by atoms with van der Waals surface area (Å²) in [7, 11) is 0. The molecule has 2 aromatic rings. The molecule has 0 bridgehead atoms. The number of carbonyl (C=O) groups excluding carboxylic acids is 1. The monoisotopic (exact) mass is 311 g/mol. The maximum Gasteiger partial charge on any atom is 0.244 e. The van der Waals surface area contributed by atoms with Crippen molar-refractivity contribution in [2.75, 3.05) is 18.5 Å². The molecule has 0 saturated carbocycles. The molecule has 0 spiro atoms. The molecule has 5 heteroatoms. The number of morpholine rings is 1. The summed E-state index contributed by atoms with van der Waals surface area (Å²) in [4.78, 5) is 16.3. The number of anilines is 1. The topological polar surface area (TPSA) is 63.2 Å². The molecule has 120 valence electrons. The molecule has 1 saturated heterocycles. The SMILES string of the molecule is C[C@H]1OCCN[C@@H]1C(=O)Nc1ccc(Cc2ccncc2)cc1. The van der Waals surface area contributed by atoms with Crippen molar-refractivity contribution in [1.82, 2.24) is 10.3 Å². The van der Waals surface area contributed by atoms with Crippen LogP contribution in [0.15, 0.2) is 48.8 Å². The average molecular weight is 311 g/mol. The highest BCUT2D eigenvalue weighted by molar-refractivity contribution is 5.95. The Bertz CT molecular complexity index is 643. The molecule has 2 heterocycles. The van der Waals surface area contributed by atoms with E-state index in [0.717, 1.165) is 12.1 Å². The lowest BCUT2D eigenvalue weighted by atomic mass is 10.1. The number of pyridine rings is 1. The Morgan fingerprint density at radius 2 is 1.91 bits per heavy atom. The van der Waals surface area contributed by atoms with Crippen LogP contribution in [-0.2, 0) is 16.0 Å². The van der Waals surface area contributed by atoms with Gasteiger partial charge in [0.1, 0.15) is 6.04 Å². The molecule has 1 fully saturated rings. The Labute approximate surface area is 136 Å². The molecule has 1 aliphatic rings. The van der Waals surface area contributed by atoms with Crippen LogP contribution in [0.5, 0.6) is 0 Å². The third-order valence-electron chi connectivity index (χ3n) is 3.98. The van der Waals surface area contributed by atoms with Crippen molar-refractivity contribution in [2.24, 2.45) is 0 Å². The lowest BCUT2D eigenvalue weighted by Gasteiger charge is -2.29. The van der Waals surface area contributed by atoms with Crippen LogP contribution in [0.1, 0.15) is 18.1 Å². The van der Waals surface area contributed by atoms with E-state index < -0.39 is 0 Å². The molecule has 1 aromatic heterocycles. The van der Waals surface area contributed by atoms with Gasteiger partial charge in [0, 0.05) is 24.6 Å². The Morgan fingerprint density at radius 3 is 2.61 bits per heavy atom. The molecule has 1 amide bonds. The number of carbonyl (C=O) groups is 1. The lowest BCUT2D eigenvalue weighted by molar-refractivity contribution is -0.123. The smallest absolute Gasteiger partial charge is 0.244 e. The number of ether oxygens (including phenoxy) is 1. The number of rotatable bonds is 4. The Balaban J connectivity index is 1.60. The zero-order valence-electron chi connectivity index (χ0n) is 13.2. The highest BCUT2D eigenvalue weighted by atomic mass is 16.5. The van der Waals surface area contributed by atoms with Crippen LogP contribution in [0.4, 0.5) is 5.69 Å². The highest BCUT2D eigenvalue weighted by Crippen LogP contribution is 2.14. The number of hydrogen-bond donors (Lipinski definition) is 2. The van der Waals surface area contributed by atoms with E-state index in [0.29, 0.717) is 13.2 Å². The van der Waals surface area contributed by atoms with Crippen LogP contribution in [0.3, 0.4) is 0 Å². The van der Waals surface area contributed by atoms with Crippen LogP contribution >= 0.6 is 0 Å². The van der Waals surface area contributed by atoms with Gasteiger partial charge in [0.2, 0.25) is 5.91 Å². The van der Waals surface area contributed by atoms with Crippen molar-refractivity contribution < 1.29 is 9.53 Å². The number of nitrogens with one attached hydrogen (secondary N) is 2. The maximum absolute atomic E-state index is 12.3. The van der Waals surface area contributed by atoms with Crippen molar-refractivity contribution in [3.8, 4) is 0 Å². The zero-order valence-corrected chi connectivity index (χ0v) is 13.2. The summed E-state index contributed by atoms with van der Waals surface area (Å²) in [6, 6.07) is 11.6. The van der Waals surface area contributed by atoms with Crippen LogP contribution in [0, 0.1) is 0 Å². The summed E-state index contributed by atoms with van der Waals surface area (Å²) in [5.41, 5.74) is 3.21. The minimum Gasteiger partial charge on any atom is -0.375 e. The molecule has 0 aliphatic carbocycles. The van der Waals surface area contributed by atoms with Gasteiger partial charge in [0.25, 0.3) is 0 Å². The van der Waals surface area contributed by atoms with Crippen LogP contribution < -0.4 is 10.6 Å². The maximum atomic E-state index is 12.3. The third-order valence-corrected chi connectivity index (χ3v) is 3.98. The molecule has 3 rings (SSSR count). The fraction of sp³-hybridized carbons (Fsp3) is 0.333. The fourth-order valence-corrected chi connectivity index (χ4v) is 2.69. The van der Waals surface area contributed by atoms with Gasteiger partial charge in [-0.1, -0.05) is 12.1 Å². The van der Waals surface area contributed by atoms with Gasteiger partial charge in [0.05, 0.1) is 12.7 Å². The van der Waals surface area contributed by atoms with Crippen molar-refractivity contribution in [3.05, 3.63) is 59.9 Å². The van der Waals surface area contributed by atoms with E-state index in [1.807, 2.05) is 43.3 Å². The number of aromatic nitrogens is 1. The van der Waals surface area contributed by atoms with E-state index >= 15 is 0 Å². The Morgan fingerprint density at radius 1 is 1.22 bits per heavy atom. The van der Waals surface area contributed by atoms with Crippen molar-refractivity contribution in [3.63, 3.8) is 0 Å². The molecule has 1 aliphatic heterocycles. The minimum atomic E-state index is -0.305. The summed E-state index contributed by atoms with van der Waals surface area (Å²) >= 11 is 0. The summed E-state index contributed by atoms with van der Waals surface area (Å²) in [5.74, 6) is -0.0564. The highest BCUT2D eigenvalue weighted by Gasteiger charge is 2.28. The van der Waals surface area contributed by atoms with E-state index in [1.54, 1.807) is 12.4 Å². The van der Waals surface area contributed by atoms with Gasteiger partial charge in [-0.25, -0.2) is 0 Å². The molecule has 23 heavy (non-hydrogen) atoms. The summed E-state index contributed by atoms with van der Waals surface area (Å²) in [6.07, 6.45) is 4.33. The summed E-state index contributed by atoms with van der Waals surface area (Å²) in [6.45, 7) is 3.26. The van der Waals surface area contributed by atoms with E-state index in [9.17, 15) is 4.79 Å². The van der Waals surface area contributed by atoms with Gasteiger partial charge < -0.3 is 15.4 Å². The van der Waals surface area contributed by atoms with Gasteiger partial charge in [-0.3, -0.25) is 9.78 Å². The van der Waals surface area contributed by atoms with E-state index in [1.165, 1.54) is 11.1 Å². The fourth-order valence-electron chi connectivity index (χ4n) is 2.69. The van der Waals surface area contributed by atoms with E-state index in [4.69, 9.17) is 4.74 Å². The van der Waals surface area contributed by atoms with Crippen molar-refractivity contribution in [1.29, 1.82) is 0 Å². The number of nitrogens with zero attached hydrogens (tertiary/aromatic N) is 1.